The summed E-state index contributed by atoms with van der Waals surface area (Å²) < 4.78 is 92.9. The lowest BCUT2D eigenvalue weighted by Gasteiger charge is -2.40. The summed E-state index contributed by atoms with van der Waals surface area (Å²) in [5.74, 6) is -1.51. The van der Waals surface area contributed by atoms with Gasteiger partial charge in [0, 0.05) is 19.1 Å². The molecule has 0 bridgehead atoms. The minimum absolute atomic E-state index is 0.0442. The van der Waals surface area contributed by atoms with Gasteiger partial charge in [-0.2, -0.15) is 26.3 Å². The van der Waals surface area contributed by atoms with Crippen LogP contribution in [-0.4, -0.2) is 47.2 Å². The van der Waals surface area contributed by atoms with Crippen molar-refractivity contribution >= 4 is 11.9 Å². The zero-order valence-electron chi connectivity index (χ0n) is 22.7. The number of nitrogens with zero attached hydrogens (tertiary/aromatic N) is 1. The molecule has 3 amide bonds. The fourth-order valence-electron chi connectivity index (χ4n) is 4.78. The third-order valence-electron chi connectivity index (χ3n) is 7.28. The highest BCUT2D eigenvalue weighted by Gasteiger charge is 2.37. The molecule has 2 unspecified atom stereocenters. The Morgan fingerprint density at radius 3 is 2.17 bits per heavy atom. The van der Waals surface area contributed by atoms with Crippen molar-refractivity contribution in [2.45, 2.75) is 70.6 Å². The van der Waals surface area contributed by atoms with E-state index in [9.17, 15) is 45.4 Å². The van der Waals surface area contributed by atoms with E-state index in [1.54, 1.807) is 13.8 Å². The van der Waals surface area contributed by atoms with Gasteiger partial charge < -0.3 is 20.6 Å². The van der Waals surface area contributed by atoms with Crippen molar-refractivity contribution < 1.29 is 45.4 Å². The highest BCUT2D eigenvalue weighted by Crippen LogP contribution is 2.37. The number of halogens is 7. The minimum atomic E-state index is -4.98. The summed E-state index contributed by atoms with van der Waals surface area (Å²) in [5, 5.41) is 15.2. The van der Waals surface area contributed by atoms with Gasteiger partial charge >= 0.3 is 18.4 Å². The Morgan fingerprint density at radius 1 is 1.02 bits per heavy atom. The SMILES string of the molecule is Cc1cc(F)ccc1[C@H]1C[C@@H](NC(=O)C(C)C(C)O)CCN1C(=O)NCCc1cc(C(F)(F)F)cc(C(F)(F)F)c1. The number of alkyl halides is 6. The van der Waals surface area contributed by atoms with Crippen LogP contribution in [0.25, 0.3) is 0 Å². The van der Waals surface area contributed by atoms with Gasteiger partial charge in [0.1, 0.15) is 5.82 Å². The second-order valence-electron chi connectivity index (χ2n) is 10.4. The molecule has 4 atom stereocenters. The first-order valence-electron chi connectivity index (χ1n) is 13.0. The van der Waals surface area contributed by atoms with Crippen LogP contribution in [0.4, 0.5) is 35.5 Å². The lowest BCUT2D eigenvalue weighted by molar-refractivity contribution is -0.143. The van der Waals surface area contributed by atoms with Crippen LogP contribution in [-0.2, 0) is 23.6 Å². The van der Waals surface area contributed by atoms with E-state index in [1.807, 2.05) is 0 Å². The number of piperidine rings is 1. The number of carbonyl (C=O) groups excluding carboxylic acids is 2. The van der Waals surface area contributed by atoms with Gasteiger partial charge in [0.25, 0.3) is 0 Å². The summed E-state index contributed by atoms with van der Waals surface area (Å²) in [5.41, 5.74) is -1.94. The predicted molar refractivity (Wildman–Crippen MR) is 136 cm³/mol. The fraction of sp³-hybridized carbons (Fsp3) is 0.500. The van der Waals surface area contributed by atoms with E-state index in [4.69, 9.17) is 0 Å². The molecule has 226 valence electrons. The molecule has 41 heavy (non-hydrogen) atoms. The summed E-state index contributed by atoms with van der Waals surface area (Å²) in [7, 11) is 0. The predicted octanol–water partition coefficient (Wildman–Crippen LogP) is 5.76. The van der Waals surface area contributed by atoms with Crippen molar-refractivity contribution in [1.29, 1.82) is 0 Å². The number of urea groups is 1. The summed E-state index contributed by atoms with van der Waals surface area (Å²) in [6.07, 6.45) is -10.5. The third kappa shape index (κ3) is 8.34. The normalized spacial score (nSPS) is 19.4. The first-order valence-corrected chi connectivity index (χ1v) is 13.0. The molecule has 2 aromatic rings. The number of aliphatic hydroxyl groups is 1. The maximum atomic E-state index is 13.8. The zero-order chi connectivity index (χ0) is 30.7. The summed E-state index contributed by atoms with van der Waals surface area (Å²) in [6.45, 7) is 4.65. The number of benzene rings is 2. The highest BCUT2D eigenvalue weighted by molar-refractivity contribution is 5.79. The van der Waals surface area contributed by atoms with E-state index in [1.165, 1.54) is 30.0 Å². The number of aliphatic hydroxyl groups excluding tert-OH is 1. The Kier molecular flexibility index (Phi) is 9.94. The number of nitrogens with one attached hydrogen (secondary N) is 2. The van der Waals surface area contributed by atoms with Crippen molar-refractivity contribution in [3.63, 3.8) is 0 Å². The molecule has 1 fully saturated rings. The Balaban J connectivity index is 1.76. The quantitative estimate of drug-likeness (QED) is 0.358. The van der Waals surface area contributed by atoms with Gasteiger partial charge in [0.2, 0.25) is 5.91 Å². The van der Waals surface area contributed by atoms with Crippen LogP contribution in [0.15, 0.2) is 36.4 Å². The molecular formula is C28H32F7N3O3. The Labute approximate surface area is 232 Å². The molecule has 3 N–H and O–H groups in total. The molecule has 1 saturated heterocycles. The molecule has 1 aliphatic heterocycles. The van der Waals surface area contributed by atoms with Crippen molar-refractivity contribution in [2.75, 3.05) is 13.1 Å². The van der Waals surface area contributed by atoms with E-state index in [0.717, 1.165) is 0 Å². The van der Waals surface area contributed by atoms with Crippen LogP contribution in [0.5, 0.6) is 0 Å². The maximum absolute atomic E-state index is 13.8. The van der Waals surface area contributed by atoms with E-state index >= 15 is 0 Å². The van der Waals surface area contributed by atoms with Crippen LogP contribution in [0.1, 0.15) is 60.5 Å². The average molecular weight is 592 g/mol. The van der Waals surface area contributed by atoms with Gasteiger partial charge in [0.15, 0.2) is 0 Å². The largest absolute Gasteiger partial charge is 0.416 e. The van der Waals surface area contributed by atoms with Gasteiger partial charge in [0.05, 0.1) is 29.2 Å². The Bertz CT molecular complexity index is 1220. The molecular weight excluding hydrogens is 559 g/mol. The first-order chi connectivity index (χ1) is 19.0. The second kappa shape index (κ2) is 12.7. The highest BCUT2D eigenvalue weighted by atomic mass is 19.4. The number of aryl methyl sites for hydroxylation is 1. The van der Waals surface area contributed by atoms with E-state index in [-0.39, 0.29) is 49.5 Å². The van der Waals surface area contributed by atoms with Gasteiger partial charge in [-0.05, 0) is 80.1 Å². The summed E-state index contributed by atoms with van der Waals surface area (Å²) in [4.78, 5) is 27.2. The van der Waals surface area contributed by atoms with E-state index in [0.29, 0.717) is 29.7 Å². The number of carbonyl (C=O) groups is 2. The molecule has 6 nitrogen and oxygen atoms in total. The van der Waals surface area contributed by atoms with Crippen molar-refractivity contribution in [3.8, 4) is 0 Å². The standard InChI is InChI=1S/C28H32F7N3O3/c1-15-10-21(29)4-5-23(15)24-14-22(37-25(40)16(2)17(3)39)7-9-38(24)26(41)36-8-6-18-11-19(27(30,31)32)13-20(12-18)28(33,34)35/h4-5,10-13,16-17,22,24,39H,6-9,14H2,1-3H3,(H,36,41)(H,37,40)/t16?,17?,22-,24+/m0/s1. The third-order valence-corrected chi connectivity index (χ3v) is 7.28. The van der Waals surface area contributed by atoms with Gasteiger partial charge in [-0.3, -0.25) is 4.79 Å². The first kappa shape index (κ1) is 32.2. The molecule has 0 aromatic heterocycles. The number of amides is 3. The van der Waals surface area contributed by atoms with E-state index < -0.39 is 53.4 Å². The second-order valence-corrected chi connectivity index (χ2v) is 10.4. The molecule has 0 radical (unpaired) electrons. The minimum Gasteiger partial charge on any atom is -0.393 e. The number of rotatable bonds is 7. The molecule has 0 spiro atoms. The Morgan fingerprint density at radius 2 is 1.63 bits per heavy atom. The molecule has 3 rings (SSSR count). The smallest absolute Gasteiger partial charge is 0.393 e. The number of likely N-dealkylation sites (tertiary alicyclic amines) is 1. The van der Waals surface area contributed by atoms with Crippen LogP contribution >= 0.6 is 0 Å². The zero-order valence-corrected chi connectivity index (χ0v) is 22.7. The lowest BCUT2D eigenvalue weighted by Crippen LogP contribution is -2.52. The van der Waals surface area contributed by atoms with Crippen LogP contribution in [0.3, 0.4) is 0 Å². The van der Waals surface area contributed by atoms with Crippen molar-refractivity contribution in [3.05, 3.63) is 70.0 Å². The van der Waals surface area contributed by atoms with Crippen LogP contribution in [0, 0.1) is 18.7 Å². The molecule has 0 saturated carbocycles. The van der Waals surface area contributed by atoms with E-state index in [2.05, 4.69) is 10.6 Å². The average Bonchev–Trinajstić information content (AvgIpc) is 2.86. The molecule has 0 aliphatic carbocycles. The fourth-order valence-corrected chi connectivity index (χ4v) is 4.78. The maximum Gasteiger partial charge on any atom is 0.416 e. The van der Waals surface area contributed by atoms with Crippen LogP contribution in [0.2, 0.25) is 0 Å². The van der Waals surface area contributed by atoms with Gasteiger partial charge in [-0.25, -0.2) is 9.18 Å². The molecule has 2 aromatic carbocycles. The molecule has 13 heteroatoms. The van der Waals surface area contributed by atoms with Gasteiger partial charge in [-0.1, -0.05) is 13.0 Å². The number of hydrogen-bond donors (Lipinski definition) is 3. The molecule has 1 aliphatic rings. The monoisotopic (exact) mass is 591 g/mol. The Hall–Kier alpha value is -3.35. The van der Waals surface area contributed by atoms with Crippen molar-refractivity contribution in [2.24, 2.45) is 5.92 Å². The molecule has 1 heterocycles. The van der Waals surface area contributed by atoms with Gasteiger partial charge in [-0.15, -0.1) is 0 Å². The summed E-state index contributed by atoms with van der Waals surface area (Å²) >= 11 is 0. The van der Waals surface area contributed by atoms with Crippen molar-refractivity contribution in [1.82, 2.24) is 15.5 Å². The number of hydrogen-bond acceptors (Lipinski definition) is 3. The van der Waals surface area contributed by atoms with Crippen LogP contribution < -0.4 is 10.6 Å². The summed E-state index contributed by atoms with van der Waals surface area (Å²) in [6, 6.07) is 3.76. The lowest BCUT2D eigenvalue weighted by atomic mass is 9.89. The topological polar surface area (TPSA) is 81.7 Å².